The number of nitrogen functional groups attached to an aromatic ring is 1. The number of carbonyl (C=O) groups excluding carboxylic acids is 1. The second kappa shape index (κ2) is 5.96. The van der Waals surface area contributed by atoms with Gasteiger partial charge in [0.05, 0.1) is 17.6 Å². The molecule has 0 atom stereocenters. The number of Topliss-reactive ketones (excluding diaryl/α,β-unsaturated/α-hetero) is 1. The fourth-order valence-corrected chi connectivity index (χ4v) is 2.45. The van der Waals surface area contributed by atoms with Crippen LogP contribution in [0.15, 0.2) is 48.5 Å². The number of imidazole rings is 1. The van der Waals surface area contributed by atoms with Gasteiger partial charge in [-0.2, -0.15) is 0 Å². The summed E-state index contributed by atoms with van der Waals surface area (Å²) in [4.78, 5) is 16.9. The molecule has 3 aromatic rings. The number of fused-ring (bicyclic) bond motifs is 1. The van der Waals surface area contributed by atoms with Crippen LogP contribution in [0.3, 0.4) is 0 Å². The maximum Gasteiger partial charge on any atom is 0.182 e. The van der Waals surface area contributed by atoms with Crippen molar-refractivity contribution in [2.45, 2.75) is 6.54 Å². The van der Waals surface area contributed by atoms with Crippen LogP contribution in [0.1, 0.15) is 16.2 Å². The molecule has 0 unspecified atom stereocenters. The van der Waals surface area contributed by atoms with Crippen molar-refractivity contribution < 1.29 is 4.79 Å². The molecule has 7 nitrogen and oxygen atoms in total. The molecule has 2 aromatic carbocycles. The van der Waals surface area contributed by atoms with Crippen molar-refractivity contribution in [3.8, 4) is 0 Å². The Morgan fingerprint density at radius 2 is 1.75 bits per heavy atom. The summed E-state index contributed by atoms with van der Waals surface area (Å²) in [5, 5.41) is 15.5. The van der Waals surface area contributed by atoms with Gasteiger partial charge in [0.2, 0.25) is 0 Å². The first-order valence-corrected chi connectivity index (χ1v) is 7.24. The third-order valence-electron chi connectivity index (χ3n) is 3.68. The van der Waals surface area contributed by atoms with Crippen LogP contribution >= 0.6 is 0 Å². The third kappa shape index (κ3) is 2.74. The van der Waals surface area contributed by atoms with E-state index >= 15 is 0 Å². The summed E-state index contributed by atoms with van der Waals surface area (Å²) in [6, 6.07) is 13.9. The minimum atomic E-state index is -0.397. The number of aromatic nitrogens is 2. The van der Waals surface area contributed by atoms with E-state index in [0.29, 0.717) is 22.3 Å². The average molecular weight is 320 g/mol. The van der Waals surface area contributed by atoms with Crippen molar-refractivity contribution in [1.82, 2.24) is 9.55 Å². The van der Waals surface area contributed by atoms with Crippen LogP contribution in [-0.2, 0) is 6.54 Å². The summed E-state index contributed by atoms with van der Waals surface area (Å²) in [5.41, 5.74) is 13.3. The van der Waals surface area contributed by atoms with E-state index in [-0.39, 0.29) is 23.9 Å². The molecule has 0 spiro atoms. The number of nitrogens with one attached hydrogen (secondary N) is 2. The van der Waals surface area contributed by atoms with Crippen molar-refractivity contribution in [3.63, 3.8) is 0 Å². The van der Waals surface area contributed by atoms with Gasteiger partial charge < -0.3 is 16.0 Å². The predicted molar refractivity (Wildman–Crippen MR) is 93.7 cm³/mol. The normalized spacial score (nSPS) is 10.7. The first kappa shape index (κ1) is 15.4. The molecule has 3 rings (SSSR count). The first-order chi connectivity index (χ1) is 11.5. The highest BCUT2D eigenvalue weighted by atomic mass is 16.1. The van der Waals surface area contributed by atoms with Gasteiger partial charge in [0, 0.05) is 11.3 Å². The summed E-state index contributed by atoms with van der Waals surface area (Å²) in [6.45, 7) is -0.00454. The summed E-state index contributed by atoms with van der Waals surface area (Å²) in [7, 11) is 0. The molecule has 0 aliphatic heterocycles. The number of rotatable bonds is 5. The monoisotopic (exact) mass is 320 g/mol. The molecule has 6 N–H and O–H groups in total. The van der Waals surface area contributed by atoms with Crippen LogP contribution in [0.5, 0.6) is 0 Å². The van der Waals surface area contributed by atoms with Gasteiger partial charge in [-0.25, -0.2) is 4.98 Å². The van der Waals surface area contributed by atoms with E-state index in [9.17, 15) is 4.79 Å². The third-order valence-corrected chi connectivity index (χ3v) is 3.68. The van der Waals surface area contributed by atoms with Gasteiger partial charge in [-0.05, 0) is 36.4 Å². The Hall–Kier alpha value is -3.48. The second-order valence-corrected chi connectivity index (χ2v) is 5.34. The molecule has 0 radical (unpaired) electrons. The highest BCUT2D eigenvalue weighted by Gasteiger charge is 2.19. The summed E-state index contributed by atoms with van der Waals surface area (Å²) >= 11 is 0. The minimum absolute atomic E-state index is 0.00454. The fourth-order valence-electron chi connectivity index (χ4n) is 2.45. The lowest BCUT2D eigenvalue weighted by molar-refractivity contribution is 0.0973. The lowest BCUT2D eigenvalue weighted by Gasteiger charge is -2.09. The Morgan fingerprint density at radius 3 is 2.42 bits per heavy atom. The molecule has 0 bridgehead atoms. The minimum Gasteiger partial charge on any atom is -0.399 e. The van der Waals surface area contributed by atoms with Crippen molar-refractivity contribution in [2.24, 2.45) is 5.73 Å². The molecule has 0 aliphatic rings. The van der Waals surface area contributed by atoms with Crippen molar-refractivity contribution in [1.29, 1.82) is 10.8 Å². The van der Waals surface area contributed by atoms with Crippen LogP contribution in [0.25, 0.3) is 11.0 Å². The molecule has 0 aliphatic carbocycles. The molecular weight excluding hydrogens is 304 g/mol. The van der Waals surface area contributed by atoms with E-state index in [1.165, 1.54) is 0 Å². The van der Waals surface area contributed by atoms with Crippen LogP contribution in [-0.4, -0.2) is 26.9 Å². The Balaban J connectivity index is 2.05. The number of carbonyl (C=O) groups is 1. The number of para-hydroxylation sites is 2. The Kier molecular flexibility index (Phi) is 3.83. The Bertz CT molecular complexity index is 955. The number of amidine groups is 1. The van der Waals surface area contributed by atoms with E-state index in [0.717, 1.165) is 0 Å². The van der Waals surface area contributed by atoms with Gasteiger partial charge in [0.15, 0.2) is 11.6 Å². The largest absolute Gasteiger partial charge is 0.399 e. The number of ketones is 1. The number of nitrogens with two attached hydrogens (primary N) is 2. The van der Waals surface area contributed by atoms with Gasteiger partial charge >= 0.3 is 0 Å². The van der Waals surface area contributed by atoms with E-state index < -0.39 is 5.84 Å². The summed E-state index contributed by atoms with van der Waals surface area (Å²) in [5.74, 6) is -0.338. The number of benzene rings is 2. The molecule has 120 valence electrons. The Labute approximate surface area is 137 Å². The molecule has 1 aromatic heterocycles. The van der Waals surface area contributed by atoms with E-state index in [1.54, 1.807) is 34.9 Å². The quantitative estimate of drug-likeness (QED) is 0.247. The van der Waals surface area contributed by atoms with E-state index in [4.69, 9.17) is 22.3 Å². The zero-order valence-corrected chi connectivity index (χ0v) is 12.8. The molecule has 24 heavy (non-hydrogen) atoms. The number of anilines is 1. The van der Waals surface area contributed by atoms with Gasteiger partial charge in [-0.15, -0.1) is 0 Å². The summed E-state index contributed by atoms with van der Waals surface area (Å²) < 4.78 is 1.61. The van der Waals surface area contributed by atoms with Crippen LogP contribution in [0.2, 0.25) is 0 Å². The maximum atomic E-state index is 12.6. The SMILES string of the molecule is N=C(N)C(=N)c1nc2ccccc2n1CC(=O)c1ccc(N)cc1. The van der Waals surface area contributed by atoms with Gasteiger partial charge in [-0.3, -0.25) is 15.6 Å². The van der Waals surface area contributed by atoms with E-state index in [1.807, 2.05) is 18.2 Å². The Morgan fingerprint density at radius 1 is 1.08 bits per heavy atom. The molecular formula is C17H16N6O. The topological polar surface area (TPSA) is 135 Å². The summed E-state index contributed by atoms with van der Waals surface area (Å²) in [6.07, 6.45) is 0. The van der Waals surface area contributed by atoms with Gasteiger partial charge in [0.25, 0.3) is 0 Å². The smallest absolute Gasteiger partial charge is 0.182 e. The highest BCUT2D eigenvalue weighted by Crippen LogP contribution is 2.18. The van der Waals surface area contributed by atoms with Crippen LogP contribution in [0, 0.1) is 10.8 Å². The van der Waals surface area contributed by atoms with E-state index in [2.05, 4.69) is 4.98 Å². The highest BCUT2D eigenvalue weighted by molar-refractivity contribution is 6.44. The molecule has 0 fully saturated rings. The molecule has 0 amide bonds. The standard InChI is InChI=1S/C17H16N6O/c18-11-7-5-10(6-8-11)14(24)9-23-13-4-2-1-3-12(13)22-17(23)15(19)16(20)21/h1-8,19H,9,18H2,(H3,20,21). The first-order valence-electron chi connectivity index (χ1n) is 7.24. The predicted octanol–water partition coefficient (Wildman–Crippen LogP) is 1.81. The molecule has 0 saturated heterocycles. The van der Waals surface area contributed by atoms with Crippen molar-refractivity contribution in [2.75, 3.05) is 5.73 Å². The average Bonchev–Trinajstić information content (AvgIpc) is 2.93. The molecule has 0 saturated carbocycles. The van der Waals surface area contributed by atoms with Crippen molar-refractivity contribution >= 4 is 34.1 Å². The van der Waals surface area contributed by atoms with Crippen LogP contribution in [0.4, 0.5) is 5.69 Å². The molecule has 1 heterocycles. The number of hydrogen-bond acceptors (Lipinski definition) is 5. The van der Waals surface area contributed by atoms with Gasteiger partial charge in [-0.1, -0.05) is 12.1 Å². The maximum absolute atomic E-state index is 12.6. The number of nitrogens with zero attached hydrogens (tertiary/aromatic N) is 2. The second-order valence-electron chi connectivity index (χ2n) is 5.34. The van der Waals surface area contributed by atoms with Crippen LogP contribution < -0.4 is 11.5 Å². The number of hydrogen-bond donors (Lipinski definition) is 4. The van der Waals surface area contributed by atoms with Gasteiger partial charge in [0.1, 0.15) is 11.5 Å². The molecule has 7 heteroatoms. The fraction of sp³-hybridized carbons (Fsp3) is 0.0588. The lowest BCUT2D eigenvalue weighted by atomic mass is 10.1. The zero-order chi connectivity index (χ0) is 17.3. The zero-order valence-electron chi connectivity index (χ0n) is 12.8. The lowest BCUT2D eigenvalue weighted by Crippen LogP contribution is -2.27. The van der Waals surface area contributed by atoms with Crippen molar-refractivity contribution in [3.05, 3.63) is 59.9 Å².